The minimum Gasteiger partial charge on any atom is -0.296 e. The number of fused-ring (bicyclic) bond motifs is 1. The molecule has 0 aliphatic rings. The molecule has 0 fully saturated rings. The summed E-state index contributed by atoms with van der Waals surface area (Å²) < 4.78 is 1.42. The van der Waals surface area contributed by atoms with Crippen LogP contribution >= 0.6 is 11.6 Å². The molecular weight excluding hydrogens is 312 g/mol. The first-order valence-electron chi connectivity index (χ1n) is 7.00. The zero-order valence-corrected chi connectivity index (χ0v) is 12.7. The van der Waals surface area contributed by atoms with Crippen LogP contribution in [0, 0.1) is 0 Å². The summed E-state index contributed by atoms with van der Waals surface area (Å²) in [7, 11) is 0. The van der Waals surface area contributed by atoms with Crippen molar-refractivity contribution in [3.05, 3.63) is 76.4 Å². The maximum Gasteiger partial charge on any atom is 0.273 e. The van der Waals surface area contributed by atoms with Crippen molar-refractivity contribution in [3.63, 3.8) is 0 Å². The van der Waals surface area contributed by atoms with Gasteiger partial charge in [0.25, 0.3) is 5.56 Å². The maximum atomic E-state index is 12.3. The number of H-pyrrole nitrogens is 1. The molecule has 0 unspecified atom stereocenters. The number of pyridine rings is 1. The van der Waals surface area contributed by atoms with Crippen molar-refractivity contribution < 1.29 is 0 Å². The van der Waals surface area contributed by atoms with Crippen LogP contribution < -0.4 is 5.56 Å². The molecule has 1 N–H and O–H groups in total. The summed E-state index contributed by atoms with van der Waals surface area (Å²) >= 11 is 5.94. The van der Waals surface area contributed by atoms with Crippen molar-refractivity contribution in [2.24, 2.45) is 0 Å². The van der Waals surface area contributed by atoms with Crippen LogP contribution in [0.3, 0.4) is 0 Å². The van der Waals surface area contributed by atoms with Crippen molar-refractivity contribution in [2.75, 3.05) is 0 Å². The first-order chi connectivity index (χ1) is 11.2. The summed E-state index contributed by atoms with van der Waals surface area (Å²) in [5.74, 6) is 0. The van der Waals surface area contributed by atoms with E-state index in [1.54, 1.807) is 18.6 Å². The topological polar surface area (TPSA) is 63.0 Å². The molecule has 112 valence electrons. The van der Waals surface area contributed by atoms with E-state index < -0.39 is 0 Å². The smallest absolute Gasteiger partial charge is 0.273 e. The van der Waals surface area contributed by atoms with Gasteiger partial charge in [0.2, 0.25) is 0 Å². The van der Waals surface area contributed by atoms with Crippen LogP contribution in [0.2, 0.25) is 5.02 Å². The lowest BCUT2D eigenvalue weighted by molar-refractivity contribution is 0.901. The second-order valence-corrected chi connectivity index (χ2v) is 5.51. The van der Waals surface area contributed by atoms with Crippen molar-refractivity contribution in [1.29, 1.82) is 0 Å². The molecule has 0 aliphatic carbocycles. The van der Waals surface area contributed by atoms with Crippen molar-refractivity contribution in [2.45, 2.75) is 0 Å². The zero-order valence-electron chi connectivity index (χ0n) is 11.9. The highest BCUT2D eigenvalue weighted by molar-refractivity contribution is 6.30. The Balaban J connectivity index is 1.96. The van der Waals surface area contributed by atoms with Crippen LogP contribution in [0.25, 0.3) is 28.0 Å². The van der Waals surface area contributed by atoms with Gasteiger partial charge in [-0.1, -0.05) is 23.7 Å². The van der Waals surface area contributed by atoms with Crippen molar-refractivity contribution >= 4 is 17.2 Å². The van der Waals surface area contributed by atoms with Gasteiger partial charge in [0, 0.05) is 40.8 Å². The summed E-state index contributed by atoms with van der Waals surface area (Å²) in [5, 5.41) is 3.60. The van der Waals surface area contributed by atoms with Crippen LogP contribution in [0.15, 0.2) is 65.8 Å². The highest BCUT2D eigenvalue weighted by Gasteiger charge is 2.11. The van der Waals surface area contributed by atoms with Gasteiger partial charge < -0.3 is 0 Å². The number of hydrogen-bond acceptors (Lipinski definition) is 3. The van der Waals surface area contributed by atoms with Gasteiger partial charge in [0.1, 0.15) is 0 Å². The van der Waals surface area contributed by atoms with Gasteiger partial charge in [0.05, 0.1) is 5.69 Å². The Labute approximate surface area is 136 Å². The van der Waals surface area contributed by atoms with Crippen LogP contribution in [-0.2, 0) is 0 Å². The van der Waals surface area contributed by atoms with Crippen LogP contribution in [0.1, 0.15) is 0 Å². The molecule has 6 heteroatoms. The summed E-state index contributed by atoms with van der Waals surface area (Å²) in [6.07, 6.45) is 5.14. The van der Waals surface area contributed by atoms with Gasteiger partial charge in [-0.05, 0) is 29.8 Å². The van der Waals surface area contributed by atoms with Gasteiger partial charge in [0.15, 0.2) is 5.65 Å². The molecule has 0 aliphatic heterocycles. The second kappa shape index (κ2) is 5.37. The Bertz CT molecular complexity index is 1040. The van der Waals surface area contributed by atoms with E-state index in [9.17, 15) is 4.79 Å². The van der Waals surface area contributed by atoms with Gasteiger partial charge in [-0.25, -0.2) is 9.50 Å². The summed E-state index contributed by atoms with van der Waals surface area (Å²) in [6, 6.07) is 12.6. The first-order valence-corrected chi connectivity index (χ1v) is 7.38. The second-order valence-electron chi connectivity index (χ2n) is 5.07. The number of benzene rings is 1. The van der Waals surface area contributed by atoms with Gasteiger partial charge in [-0.3, -0.25) is 14.9 Å². The lowest BCUT2D eigenvalue weighted by atomic mass is 10.1. The van der Waals surface area contributed by atoms with E-state index in [2.05, 4.69) is 15.1 Å². The van der Waals surface area contributed by atoms with Gasteiger partial charge in [-0.2, -0.15) is 0 Å². The SMILES string of the molecule is O=c1cc(-c2cccnc2)nc2c(-c3ccc(Cl)cc3)c[nH]n12. The van der Waals surface area contributed by atoms with E-state index >= 15 is 0 Å². The van der Waals surface area contributed by atoms with Crippen molar-refractivity contribution in [3.8, 4) is 22.4 Å². The first kappa shape index (κ1) is 13.7. The standard InChI is InChI=1S/C17H11ClN4O/c18-13-5-3-11(4-6-13)14-10-20-22-16(23)8-15(21-17(14)22)12-2-1-7-19-9-12/h1-10,20H. The molecule has 0 radical (unpaired) electrons. The third-order valence-electron chi connectivity index (χ3n) is 3.61. The third-order valence-corrected chi connectivity index (χ3v) is 3.86. The predicted octanol–water partition coefficient (Wildman–Crippen LogP) is 3.41. The molecule has 0 amide bonds. The number of halogens is 1. The molecule has 4 rings (SSSR count). The molecule has 3 aromatic heterocycles. The normalized spacial score (nSPS) is 11.0. The monoisotopic (exact) mass is 322 g/mol. The number of rotatable bonds is 2. The molecule has 5 nitrogen and oxygen atoms in total. The highest BCUT2D eigenvalue weighted by Crippen LogP contribution is 2.25. The number of nitrogens with one attached hydrogen (secondary N) is 1. The molecule has 0 atom stereocenters. The fourth-order valence-electron chi connectivity index (χ4n) is 2.49. The predicted molar refractivity (Wildman–Crippen MR) is 89.5 cm³/mol. The molecule has 0 bridgehead atoms. The number of aromatic nitrogens is 4. The fraction of sp³-hybridized carbons (Fsp3) is 0. The quantitative estimate of drug-likeness (QED) is 0.615. The fourth-order valence-corrected chi connectivity index (χ4v) is 2.61. The lowest BCUT2D eigenvalue weighted by Gasteiger charge is -2.03. The summed E-state index contributed by atoms with van der Waals surface area (Å²) in [4.78, 5) is 21.0. The van der Waals surface area contributed by atoms with E-state index in [1.807, 2.05) is 36.4 Å². The largest absolute Gasteiger partial charge is 0.296 e. The number of nitrogens with zero attached hydrogens (tertiary/aromatic N) is 3. The number of aromatic amines is 1. The Hall–Kier alpha value is -2.92. The molecule has 4 aromatic rings. The average Bonchev–Trinajstić information content (AvgIpc) is 3.01. The Kier molecular flexibility index (Phi) is 3.20. The van der Waals surface area contributed by atoms with Gasteiger partial charge >= 0.3 is 0 Å². The molecule has 0 saturated carbocycles. The van der Waals surface area contributed by atoms with Gasteiger partial charge in [-0.15, -0.1) is 0 Å². The lowest BCUT2D eigenvalue weighted by Crippen LogP contribution is -2.14. The Morgan fingerprint density at radius 3 is 2.65 bits per heavy atom. The molecular formula is C17H11ClN4O. The summed E-state index contributed by atoms with van der Waals surface area (Å²) in [6.45, 7) is 0. The van der Waals surface area contributed by atoms with E-state index in [-0.39, 0.29) is 5.56 Å². The maximum absolute atomic E-state index is 12.3. The van der Waals surface area contributed by atoms with E-state index in [1.165, 1.54) is 10.6 Å². The van der Waals surface area contributed by atoms with E-state index in [4.69, 9.17) is 11.6 Å². The van der Waals surface area contributed by atoms with E-state index in [0.717, 1.165) is 16.7 Å². The Morgan fingerprint density at radius 2 is 1.91 bits per heavy atom. The molecule has 0 spiro atoms. The molecule has 0 saturated heterocycles. The minimum atomic E-state index is -0.172. The summed E-state index contributed by atoms with van der Waals surface area (Å²) in [5.41, 5.74) is 3.56. The van der Waals surface area contributed by atoms with Crippen LogP contribution in [0.4, 0.5) is 0 Å². The molecule has 3 heterocycles. The highest BCUT2D eigenvalue weighted by atomic mass is 35.5. The van der Waals surface area contributed by atoms with Crippen LogP contribution in [0.5, 0.6) is 0 Å². The molecule has 1 aromatic carbocycles. The molecule has 23 heavy (non-hydrogen) atoms. The van der Waals surface area contributed by atoms with Crippen LogP contribution in [-0.4, -0.2) is 19.6 Å². The van der Waals surface area contributed by atoms with E-state index in [0.29, 0.717) is 16.4 Å². The average molecular weight is 323 g/mol. The number of hydrogen-bond donors (Lipinski definition) is 1. The van der Waals surface area contributed by atoms with Crippen molar-refractivity contribution in [1.82, 2.24) is 19.6 Å². The Morgan fingerprint density at radius 1 is 1.09 bits per heavy atom. The minimum absolute atomic E-state index is 0.172. The zero-order chi connectivity index (χ0) is 15.8. The third kappa shape index (κ3) is 2.41.